The van der Waals surface area contributed by atoms with Gasteiger partial charge in [-0.25, -0.2) is 4.79 Å². The molecule has 1 aliphatic rings. The highest BCUT2D eigenvalue weighted by atomic mass is 19.4. The molecule has 1 fully saturated rings. The van der Waals surface area contributed by atoms with Crippen molar-refractivity contribution in [2.45, 2.75) is 38.5 Å². The number of rotatable bonds is 7. The van der Waals surface area contributed by atoms with Gasteiger partial charge in [-0.1, -0.05) is 60.7 Å². The van der Waals surface area contributed by atoms with Crippen molar-refractivity contribution in [1.82, 2.24) is 10.2 Å². The number of benzene rings is 2. The summed E-state index contributed by atoms with van der Waals surface area (Å²) in [6.45, 7) is 5.67. The van der Waals surface area contributed by atoms with Gasteiger partial charge in [-0.15, -0.1) is 0 Å². The zero-order chi connectivity index (χ0) is 21.8. The van der Waals surface area contributed by atoms with Crippen molar-refractivity contribution >= 4 is 5.97 Å². The first kappa shape index (κ1) is 23.9. The highest BCUT2D eigenvalue weighted by molar-refractivity contribution is 5.73. The van der Waals surface area contributed by atoms with Gasteiger partial charge < -0.3 is 10.4 Å². The van der Waals surface area contributed by atoms with Gasteiger partial charge in [0.25, 0.3) is 0 Å². The molecule has 2 N–H and O–H groups in total. The topological polar surface area (TPSA) is 52.6 Å². The molecule has 4 nitrogen and oxygen atoms in total. The standard InChI is InChI=1S/C21H28N2.C2HF3O2/c1-3-7-20(8-4-1)17-23(18-21-9-5-2-6-10-21)16-13-19-11-14-22-15-12-19;3-2(4,5)1(6)7/h1-10,19,22H,11-18H2;(H,6,7). The Balaban J connectivity index is 0.000000396. The summed E-state index contributed by atoms with van der Waals surface area (Å²) in [6, 6.07) is 21.7. The highest BCUT2D eigenvalue weighted by Gasteiger charge is 2.38. The van der Waals surface area contributed by atoms with Gasteiger partial charge in [0.05, 0.1) is 0 Å². The fraction of sp³-hybridized carbons (Fsp3) is 0.435. The lowest BCUT2D eigenvalue weighted by Gasteiger charge is -2.27. The molecular formula is C23H29F3N2O2. The Kier molecular flexibility index (Phi) is 9.83. The smallest absolute Gasteiger partial charge is 0.475 e. The third-order valence-corrected chi connectivity index (χ3v) is 5.05. The Morgan fingerprint density at radius 3 is 1.77 bits per heavy atom. The van der Waals surface area contributed by atoms with Crippen LogP contribution in [-0.4, -0.2) is 41.8 Å². The third-order valence-electron chi connectivity index (χ3n) is 5.05. The van der Waals surface area contributed by atoms with Gasteiger partial charge in [0, 0.05) is 13.1 Å². The second-order valence-electron chi connectivity index (χ2n) is 7.47. The number of nitrogens with zero attached hydrogens (tertiary/aromatic N) is 1. The van der Waals surface area contributed by atoms with E-state index in [9.17, 15) is 13.2 Å². The van der Waals surface area contributed by atoms with Gasteiger partial charge in [-0.3, -0.25) is 4.90 Å². The van der Waals surface area contributed by atoms with Crippen LogP contribution in [0, 0.1) is 5.92 Å². The Morgan fingerprint density at radius 1 is 0.933 bits per heavy atom. The minimum Gasteiger partial charge on any atom is -0.475 e. The highest BCUT2D eigenvalue weighted by Crippen LogP contribution is 2.18. The summed E-state index contributed by atoms with van der Waals surface area (Å²) in [7, 11) is 0. The largest absolute Gasteiger partial charge is 0.490 e. The van der Waals surface area contributed by atoms with Gasteiger partial charge in [0.1, 0.15) is 0 Å². The maximum Gasteiger partial charge on any atom is 0.490 e. The maximum atomic E-state index is 10.6. The van der Waals surface area contributed by atoms with E-state index in [4.69, 9.17) is 9.90 Å². The van der Waals surface area contributed by atoms with Crippen LogP contribution in [-0.2, 0) is 17.9 Å². The summed E-state index contributed by atoms with van der Waals surface area (Å²) in [6.07, 6.45) is -1.09. The van der Waals surface area contributed by atoms with Crippen LogP contribution in [0.2, 0.25) is 0 Å². The summed E-state index contributed by atoms with van der Waals surface area (Å²) in [5.41, 5.74) is 2.82. The summed E-state index contributed by atoms with van der Waals surface area (Å²) >= 11 is 0. The third kappa shape index (κ3) is 9.41. The van der Waals surface area contributed by atoms with Gasteiger partial charge >= 0.3 is 12.1 Å². The van der Waals surface area contributed by atoms with Crippen molar-refractivity contribution in [2.24, 2.45) is 5.92 Å². The molecule has 0 atom stereocenters. The zero-order valence-corrected chi connectivity index (χ0v) is 16.9. The zero-order valence-electron chi connectivity index (χ0n) is 16.9. The monoisotopic (exact) mass is 422 g/mol. The first-order chi connectivity index (χ1) is 14.3. The van der Waals surface area contributed by atoms with Crippen LogP contribution in [0.1, 0.15) is 30.4 Å². The molecule has 2 aromatic rings. The molecule has 1 aliphatic heterocycles. The number of piperidine rings is 1. The first-order valence-electron chi connectivity index (χ1n) is 10.2. The summed E-state index contributed by atoms with van der Waals surface area (Å²) in [5.74, 6) is -1.86. The normalized spacial score (nSPS) is 14.8. The molecule has 164 valence electrons. The second-order valence-corrected chi connectivity index (χ2v) is 7.47. The average molecular weight is 422 g/mol. The summed E-state index contributed by atoms with van der Waals surface area (Å²) in [4.78, 5) is 11.5. The number of nitrogens with one attached hydrogen (secondary N) is 1. The molecule has 0 amide bonds. The lowest BCUT2D eigenvalue weighted by Crippen LogP contribution is -2.31. The van der Waals surface area contributed by atoms with Gasteiger partial charge in [-0.2, -0.15) is 13.2 Å². The van der Waals surface area contributed by atoms with Gasteiger partial charge in [-0.05, 0) is 55.9 Å². The van der Waals surface area contributed by atoms with E-state index in [1.165, 1.54) is 50.0 Å². The molecule has 1 saturated heterocycles. The molecule has 0 spiro atoms. The van der Waals surface area contributed by atoms with Crippen molar-refractivity contribution in [3.8, 4) is 0 Å². The van der Waals surface area contributed by atoms with Crippen LogP contribution < -0.4 is 5.32 Å². The number of hydrogen-bond acceptors (Lipinski definition) is 3. The van der Waals surface area contributed by atoms with Gasteiger partial charge in [0.15, 0.2) is 0 Å². The minimum absolute atomic E-state index is 0.894. The number of hydrogen-bond donors (Lipinski definition) is 2. The SMILES string of the molecule is O=C(O)C(F)(F)F.c1ccc(CN(CCC2CCNCC2)Cc2ccccc2)cc1. The van der Waals surface area contributed by atoms with E-state index in [0.29, 0.717) is 0 Å². The molecule has 0 bridgehead atoms. The molecule has 0 aromatic heterocycles. The Hall–Kier alpha value is -2.38. The Bertz CT molecular complexity index is 692. The molecular weight excluding hydrogens is 393 g/mol. The van der Waals surface area contributed by atoms with Crippen molar-refractivity contribution in [3.05, 3.63) is 71.8 Å². The lowest BCUT2D eigenvalue weighted by atomic mass is 9.94. The molecule has 30 heavy (non-hydrogen) atoms. The number of carbonyl (C=O) groups is 1. The molecule has 3 rings (SSSR count). The molecule has 2 aromatic carbocycles. The maximum absolute atomic E-state index is 10.6. The first-order valence-corrected chi connectivity index (χ1v) is 10.2. The molecule has 0 aliphatic carbocycles. The number of halogens is 3. The fourth-order valence-electron chi connectivity index (χ4n) is 3.43. The molecule has 0 unspecified atom stereocenters. The van der Waals surface area contributed by atoms with Crippen molar-refractivity contribution in [2.75, 3.05) is 19.6 Å². The fourth-order valence-corrected chi connectivity index (χ4v) is 3.43. The number of carboxylic acid groups (broad SMARTS) is 1. The molecule has 0 radical (unpaired) electrons. The van der Waals surface area contributed by atoms with E-state index in [-0.39, 0.29) is 0 Å². The van der Waals surface area contributed by atoms with Crippen LogP contribution in [0.3, 0.4) is 0 Å². The van der Waals surface area contributed by atoms with Crippen LogP contribution in [0.25, 0.3) is 0 Å². The van der Waals surface area contributed by atoms with E-state index in [1.807, 2.05) is 0 Å². The van der Waals surface area contributed by atoms with Crippen LogP contribution in [0.15, 0.2) is 60.7 Å². The van der Waals surface area contributed by atoms with E-state index < -0.39 is 12.1 Å². The lowest BCUT2D eigenvalue weighted by molar-refractivity contribution is -0.192. The van der Waals surface area contributed by atoms with Crippen LogP contribution in [0.4, 0.5) is 13.2 Å². The van der Waals surface area contributed by atoms with Crippen LogP contribution in [0.5, 0.6) is 0 Å². The number of alkyl halides is 3. The van der Waals surface area contributed by atoms with E-state index in [1.54, 1.807) is 0 Å². The predicted octanol–water partition coefficient (Wildman–Crippen LogP) is 4.71. The molecule has 0 saturated carbocycles. The Labute approximate surface area is 175 Å². The van der Waals surface area contributed by atoms with Crippen molar-refractivity contribution < 1.29 is 23.1 Å². The van der Waals surface area contributed by atoms with Crippen LogP contribution >= 0.6 is 0 Å². The van der Waals surface area contributed by atoms with Gasteiger partial charge in [0.2, 0.25) is 0 Å². The van der Waals surface area contributed by atoms with Crippen molar-refractivity contribution in [3.63, 3.8) is 0 Å². The molecule has 1 heterocycles. The predicted molar refractivity (Wildman–Crippen MR) is 111 cm³/mol. The van der Waals surface area contributed by atoms with Crippen molar-refractivity contribution in [1.29, 1.82) is 0 Å². The van der Waals surface area contributed by atoms with E-state index in [0.717, 1.165) is 19.0 Å². The quantitative estimate of drug-likeness (QED) is 0.679. The number of carboxylic acids is 1. The van der Waals surface area contributed by atoms with E-state index in [2.05, 4.69) is 70.9 Å². The average Bonchev–Trinajstić information content (AvgIpc) is 2.74. The van der Waals surface area contributed by atoms with E-state index >= 15 is 0 Å². The minimum atomic E-state index is -5.08. The summed E-state index contributed by atoms with van der Waals surface area (Å²) < 4.78 is 31.7. The second kappa shape index (κ2) is 12.3. The number of aliphatic carboxylic acids is 1. The molecule has 7 heteroatoms. The Morgan fingerprint density at radius 2 is 1.37 bits per heavy atom. The summed E-state index contributed by atoms with van der Waals surface area (Å²) in [5, 5.41) is 10.6.